The predicted octanol–water partition coefficient (Wildman–Crippen LogP) is 1.35. The first-order valence-electron chi connectivity index (χ1n) is 4.43. The van der Waals surface area contributed by atoms with Crippen LogP contribution in [0.25, 0.3) is 11.5 Å². The molecule has 0 aliphatic rings. The average molecular weight is 207 g/mol. The van der Waals surface area contributed by atoms with Crippen LogP contribution in [0.1, 0.15) is 0 Å². The van der Waals surface area contributed by atoms with Crippen LogP contribution in [-0.4, -0.2) is 16.8 Å². The van der Waals surface area contributed by atoms with Gasteiger partial charge >= 0.3 is 5.68 Å². The molecule has 15 heavy (non-hydrogen) atoms. The molecule has 0 bridgehead atoms. The molecule has 0 saturated heterocycles. The Hall–Kier alpha value is -1.91. The zero-order chi connectivity index (χ0) is 10.8. The third-order valence-electron chi connectivity index (χ3n) is 1.97. The summed E-state index contributed by atoms with van der Waals surface area (Å²) >= 11 is 0. The fourth-order valence-corrected chi connectivity index (χ4v) is 1.28. The molecule has 78 valence electrons. The lowest BCUT2D eigenvalue weighted by molar-refractivity contribution is 0.484. The lowest BCUT2D eigenvalue weighted by Gasteiger charge is -1.92. The van der Waals surface area contributed by atoms with Gasteiger partial charge in [0.2, 0.25) is 5.89 Å². The molecule has 2 aromatic rings. The minimum absolute atomic E-state index is 0.316. The van der Waals surface area contributed by atoms with Gasteiger partial charge in [0, 0.05) is 19.7 Å². The Kier molecular flexibility index (Phi) is 2.37. The van der Waals surface area contributed by atoms with E-state index in [1.54, 1.807) is 26.2 Å². The molecule has 0 unspecified atom stereocenters. The van der Waals surface area contributed by atoms with Crippen LogP contribution < -0.4 is 5.68 Å². The number of hydrogen-bond acceptors (Lipinski definition) is 3. The van der Waals surface area contributed by atoms with Crippen molar-refractivity contribution in [3.8, 4) is 11.5 Å². The van der Waals surface area contributed by atoms with Crippen LogP contribution in [0.4, 0.5) is 4.39 Å². The Morgan fingerprint density at radius 2 is 2.27 bits per heavy atom. The minimum Gasteiger partial charge on any atom is -0.403 e. The second-order valence-corrected chi connectivity index (χ2v) is 3.05. The highest BCUT2D eigenvalue weighted by Gasteiger charge is 2.06. The molecule has 0 aliphatic carbocycles. The van der Waals surface area contributed by atoms with E-state index in [1.165, 1.54) is 16.8 Å². The van der Waals surface area contributed by atoms with E-state index in [4.69, 9.17) is 4.42 Å². The molecular formula is C10H10FN3O. The standard InChI is InChI=1S/C10H10FN3O/c1-12-10-14(2)13-9(15-10)7-4-3-5-8(11)6-7/h3-6H,1-2H3. The first kappa shape index (κ1) is 9.64. The summed E-state index contributed by atoms with van der Waals surface area (Å²) in [5, 5.41) is 4.08. The van der Waals surface area contributed by atoms with Gasteiger partial charge in [-0.1, -0.05) is 6.07 Å². The summed E-state index contributed by atoms with van der Waals surface area (Å²) < 4.78 is 19.8. The number of rotatable bonds is 1. The monoisotopic (exact) mass is 207 g/mol. The highest BCUT2D eigenvalue weighted by molar-refractivity contribution is 5.51. The van der Waals surface area contributed by atoms with Gasteiger partial charge in [-0.05, 0) is 18.2 Å². The Bertz CT molecular complexity index is 542. The third kappa shape index (κ3) is 1.81. The van der Waals surface area contributed by atoms with Crippen LogP contribution in [0.3, 0.4) is 0 Å². The number of benzene rings is 1. The van der Waals surface area contributed by atoms with Crippen LogP contribution in [0.5, 0.6) is 0 Å². The van der Waals surface area contributed by atoms with E-state index in [-0.39, 0.29) is 5.82 Å². The Balaban J connectivity index is 2.55. The molecule has 0 fully saturated rings. The quantitative estimate of drug-likeness (QED) is 0.708. The highest BCUT2D eigenvalue weighted by atomic mass is 19.1. The number of halogens is 1. The molecule has 1 aromatic heterocycles. The fourth-order valence-electron chi connectivity index (χ4n) is 1.28. The molecule has 1 heterocycles. The van der Waals surface area contributed by atoms with Crippen molar-refractivity contribution < 1.29 is 8.81 Å². The van der Waals surface area contributed by atoms with Gasteiger partial charge in [0.05, 0.1) is 0 Å². The van der Waals surface area contributed by atoms with Gasteiger partial charge in [0.15, 0.2) is 0 Å². The third-order valence-corrected chi connectivity index (χ3v) is 1.97. The fraction of sp³-hybridized carbons (Fsp3) is 0.200. The Morgan fingerprint density at radius 3 is 2.87 bits per heavy atom. The van der Waals surface area contributed by atoms with Crippen molar-refractivity contribution in [3.05, 3.63) is 35.8 Å². The SMILES string of the molecule is CN=c1oc(-c2cccc(F)c2)nn1C. The maximum absolute atomic E-state index is 12.9. The normalized spacial score (nSPS) is 12.1. The number of aryl methyl sites for hydroxylation is 1. The molecule has 0 spiro atoms. The second kappa shape index (κ2) is 3.68. The molecule has 0 N–H and O–H groups in total. The summed E-state index contributed by atoms with van der Waals surface area (Å²) in [5.74, 6) is 0.0425. The molecule has 0 atom stereocenters. The van der Waals surface area contributed by atoms with Crippen molar-refractivity contribution in [2.24, 2.45) is 12.0 Å². The largest absolute Gasteiger partial charge is 0.403 e. The summed E-state index contributed by atoms with van der Waals surface area (Å²) in [4.78, 5) is 3.88. The zero-order valence-corrected chi connectivity index (χ0v) is 8.44. The lowest BCUT2D eigenvalue weighted by atomic mass is 10.2. The van der Waals surface area contributed by atoms with Gasteiger partial charge in [-0.25, -0.2) is 14.1 Å². The molecule has 4 nitrogen and oxygen atoms in total. The minimum atomic E-state index is -0.316. The molecule has 2 rings (SSSR count). The van der Waals surface area contributed by atoms with E-state index < -0.39 is 0 Å². The summed E-state index contributed by atoms with van der Waals surface area (Å²) in [6.45, 7) is 0. The number of aromatic nitrogens is 2. The van der Waals surface area contributed by atoms with Crippen molar-refractivity contribution in [1.29, 1.82) is 0 Å². The van der Waals surface area contributed by atoms with E-state index in [2.05, 4.69) is 10.1 Å². The topological polar surface area (TPSA) is 43.3 Å². The molecular weight excluding hydrogens is 197 g/mol. The van der Waals surface area contributed by atoms with E-state index in [9.17, 15) is 4.39 Å². The van der Waals surface area contributed by atoms with Gasteiger partial charge in [0.25, 0.3) is 0 Å². The first-order chi connectivity index (χ1) is 7.20. The van der Waals surface area contributed by atoms with Crippen molar-refractivity contribution in [3.63, 3.8) is 0 Å². The van der Waals surface area contributed by atoms with Gasteiger partial charge in [0.1, 0.15) is 5.82 Å². The number of nitrogens with zero attached hydrogens (tertiary/aromatic N) is 3. The van der Waals surface area contributed by atoms with Gasteiger partial charge in [-0.15, -0.1) is 5.10 Å². The molecule has 0 amide bonds. The smallest absolute Gasteiger partial charge is 0.314 e. The summed E-state index contributed by atoms with van der Waals surface area (Å²) in [5.41, 5.74) is 0.995. The van der Waals surface area contributed by atoms with Crippen molar-refractivity contribution >= 4 is 0 Å². The van der Waals surface area contributed by atoms with E-state index in [0.717, 1.165) is 0 Å². The summed E-state index contributed by atoms with van der Waals surface area (Å²) in [7, 11) is 3.32. The van der Waals surface area contributed by atoms with Crippen LogP contribution >= 0.6 is 0 Å². The maximum atomic E-state index is 12.9. The van der Waals surface area contributed by atoms with E-state index >= 15 is 0 Å². The molecule has 1 aromatic carbocycles. The van der Waals surface area contributed by atoms with Crippen molar-refractivity contribution in [2.75, 3.05) is 7.05 Å². The molecule has 0 saturated carbocycles. The van der Waals surface area contributed by atoms with Crippen molar-refractivity contribution in [1.82, 2.24) is 9.78 Å². The summed E-state index contributed by atoms with van der Waals surface area (Å²) in [6, 6.07) is 6.08. The Morgan fingerprint density at radius 1 is 1.47 bits per heavy atom. The maximum Gasteiger partial charge on any atom is 0.314 e. The summed E-state index contributed by atoms with van der Waals surface area (Å²) in [6.07, 6.45) is 0. The van der Waals surface area contributed by atoms with E-state index in [1.807, 2.05) is 0 Å². The molecule has 0 radical (unpaired) electrons. The van der Waals surface area contributed by atoms with Gasteiger partial charge < -0.3 is 4.42 Å². The van der Waals surface area contributed by atoms with Gasteiger partial charge in [-0.3, -0.25) is 0 Å². The van der Waals surface area contributed by atoms with Crippen LogP contribution in [-0.2, 0) is 7.05 Å². The second-order valence-electron chi connectivity index (χ2n) is 3.05. The average Bonchev–Trinajstić information content (AvgIpc) is 2.60. The van der Waals surface area contributed by atoms with Crippen molar-refractivity contribution in [2.45, 2.75) is 0 Å². The first-order valence-corrected chi connectivity index (χ1v) is 4.43. The number of hydrogen-bond donors (Lipinski definition) is 0. The van der Waals surface area contributed by atoms with Crippen LogP contribution in [0, 0.1) is 5.82 Å². The lowest BCUT2D eigenvalue weighted by Crippen LogP contribution is -2.12. The molecule has 5 heteroatoms. The van der Waals surface area contributed by atoms with Crippen LogP contribution in [0.2, 0.25) is 0 Å². The van der Waals surface area contributed by atoms with Crippen LogP contribution in [0.15, 0.2) is 33.7 Å². The van der Waals surface area contributed by atoms with E-state index in [0.29, 0.717) is 17.1 Å². The Labute approximate surface area is 85.7 Å². The molecule has 0 aliphatic heterocycles. The van der Waals surface area contributed by atoms with Gasteiger partial charge in [-0.2, -0.15) is 0 Å². The predicted molar refractivity (Wildman–Crippen MR) is 52.4 cm³/mol. The highest BCUT2D eigenvalue weighted by Crippen LogP contribution is 2.15. The zero-order valence-electron chi connectivity index (χ0n) is 8.44.